The van der Waals surface area contributed by atoms with Crippen LogP contribution in [0.15, 0.2) is 24.3 Å². The first kappa shape index (κ1) is 31.4. The predicted octanol–water partition coefficient (Wildman–Crippen LogP) is 0.724. The van der Waals surface area contributed by atoms with Crippen molar-refractivity contribution in [2.75, 3.05) is 96.3 Å². The summed E-state index contributed by atoms with van der Waals surface area (Å²) in [5, 5.41) is 8.35. The molecule has 1 aromatic carbocycles. The molecule has 0 saturated carbocycles. The van der Waals surface area contributed by atoms with Gasteiger partial charge in [0.15, 0.2) is 0 Å². The number of thioether (sulfide) groups is 1. The Morgan fingerprint density at radius 1 is 1.02 bits per heavy atom. The molecular formula is C28H46N8O4S. The molecule has 3 saturated heterocycles. The number of rotatable bonds is 13. The molecule has 4 amide bonds. The standard InChI is InChI=1S/C28H46N8O4S/c1-3-36-25(37)23(41-27(36)24(29)26(38)35-16-14-34(15-17-35)18-19-40-2)20-31-21-6-8-22(9-7-21)32-28(39)30-10-13-33-11-4-5-12-33/h6-9,23-24,27,31H,3-5,10-20,29H2,1-2H3,(H2,30,32,39)/t23-,24-,27?/m1/s1. The Hall–Kier alpha value is -2.58. The van der Waals surface area contributed by atoms with Gasteiger partial charge in [-0.25, -0.2) is 4.79 Å². The van der Waals surface area contributed by atoms with Gasteiger partial charge in [0.05, 0.1) is 6.61 Å². The molecule has 12 nitrogen and oxygen atoms in total. The van der Waals surface area contributed by atoms with Gasteiger partial charge in [-0.3, -0.25) is 14.5 Å². The number of anilines is 2. The van der Waals surface area contributed by atoms with Gasteiger partial charge in [-0.15, -0.1) is 11.8 Å². The molecule has 4 rings (SSSR count). The summed E-state index contributed by atoms with van der Waals surface area (Å²) in [5.74, 6) is -0.108. The minimum atomic E-state index is -0.772. The number of carbonyl (C=O) groups is 3. The van der Waals surface area contributed by atoms with Gasteiger partial charge < -0.3 is 41.1 Å². The Bertz CT molecular complexity index is 1000. The number of benzene rings is 1. The van der Waals surface area contributed by atoms with Crippen molar-refractivity contribution in [3.63, 3.8) is 0 Å². The van der Waals surface area contributed by atoms with Crippen LogP contribution in [0, 0.1) is 0 Å². The van der Waals surface area contributed by atoms with E-state index in [-0.39, 0.29) is 23.1 Å². The Morgan fingerprint density at radius 2 is 1.68 bits per heavy atom. The third kappa shape index (κ3) is 8.71. The maximum absolute atomic E-state index is 13.2. The number of hydrogen-bond acceptors (Lipinski definition) is 9. The molecule has 1 unspecified atom stereocenters. The molecule has 41 heavy (non-hydrogen) atoms. The molecule has 0 bridgehead atoms. The first-order chi connectivity index (χ1) is 19.9. The lowest BCUT2D eigenvalue weighted by atomic mass is 10.2. The van der Waals surface area contributed by atoms with E-state index in [9.17, 15) is 14.4 Å². The highest BCUT2D eigenvalue weighted by atomic mass is 32.2. The van der Waals surface area contributed by atoms with Crippen LogP contribution >= 0.6 is 11.8 Å². The zero-order valence-corrected chi connectivity index (χ0v) is 25.2. The second kappa shape index (κ2) is 15.6. The molecule has 0 aromatic heterocycles. The third-order valence-corrected chi connectivity index (χ3v) is 9.47. The fourth-order valence-electron chi connectivity index (χ4n) is 5.50. The van der Waals surface area contributed by atoms with E-state index in [0.717, 1.165) is 45.0 Å². The summed E-state index contributed by atoms with van der Waals surface area (Å²) in [6, 6.07) is 6.42. The molecule has 13 heteroatoms. The normalized spacial score (nSPS) is 22.7. The lowest BCUT2D eigenvalue weighted by molar-refractivity contribution is -0.136. The van der Waals surface area contributed by atoms with Crippen LogP contribution in [0.25, 0.3) is 0 Å². The van der Waals surface area contributed by atoms with Gasteiger partial charge in [0, 0.05) is 77.4 Å². The van der Waals surface area contributed by atoms with E-state index in [4.69, 9.17) is 10.5 Å². The molecular weight excluding hydrogens is 544 g/mol. The van der Waals surface area contributed by atoms with Crippen LogP contribution in [0.1, 0.15) is 19.8 Å². The molecule has 3 aliphatic rings. The number of ether oxygens (including phenoxy) is 1. The van der Waals surface area contributed by atoms with E-state index in [0.29, 0.717) is 45.0 Å². The highest BCUT2D eigenvalue weighted by molar-refractivity contribution is 8.01. The van der Waals surface area contributed by atoms with E-state index < -0.39 is 11.4 Å². The van der Waals surface area contributed by atoms with Crippen LogP contribution in [0.2, 0.25) is 0 Å². The molecule has 3 aliphatic heterocycles. The first-order valence-corrected chi connectivity index (χ1v) is 15.7. The van der Waals surface area contributed by atoms with Crippen LogP contribution in [-0.2, 0) is 14.3 Å². The molecule has 3 fully saturated rings. The zero-order chi connectivity index (χ0) is 29.2. The Balaban J connectivity index is 1.21. The smallest absolute Gasteiger partial charge is 0.319 e. The second-order valence-corrected chi connectivity index (χ2v) is 12.0. The summed E-state index contributed by atoms with van der Waals surface area (Å²) >= 11 is 1.46. The van der Waals surface area contributed by atoms with E-state index in [2.05, 4.69) is 25.8 Å². The second-order valence-electron chi connectivity index (χ2n) is 10.7. The molecule has 228 valence electrons. The van der Waals surface area contributed by atoms with Crippen LogP contribution < -0.4 is 21.7 Å². The number of urea groups is 1. The first-order valence-electron chi connectivity index (χ1n) is 14.7. The van der Waals surface area contributed by atoms with Crippen LogP contribution in [-0.4, -0.2) is 140 Å². The van der Waals surface area contributed by atoms with Gasteiger partial charge in [-0.2, -0.15) is 0 Å². The molecule has 3 atom stereocenters. The Labute approximate surface area is 247 Å². The highest BCUT2D eigenvalue weighted by Crippen LogP contribution is 2.34. The molecule has 0 spiro atoms. The molecule has 1 aromatic rings. The fourth-order valence-corrected chi connectivity index (χ4v) is 6.95. The van der Waals surface area contributed by atoms with Gasteiger partial charge in [0.2, 0.25) is 11.8 Å². The summed E-state index contributed by atoms with van der Waals surface area (Å²) in [6.45, 7) is 10.9. The third-order valence-electron chi connectivity index (χ3n) is 7.94. The lowest BCUT2D eigenvalue weighted by Crippen LogP contribution is -2.58. The monoisotopic (exact) mass is 590 g/mol. The highest BCUT2D eigenvalue weighted by Gasteiger charge is 2.45. The van der Waals surface area contributed by atoms with Crippen molar-refractivity contribution in [2.45, 2.75) is 36.4 Å². The van der Waals surface area contributed by atoms with Crippen LogP contribution in [0.3, 0.4) is 0 Å². The van der Waals surface area contributed by atoms with Gasteiger partial charge >= 0.3 is 6.03 Å². The van der Waals surface area contributed by atoms with Gasteiger partial charge in [-0.1, -0.05) is 0 Å². The molecule has 5 N–H and O–H groups in total. The summed E-state index contributed by atoms with van der Waals surface area (Å²) in [5.41, 5.74) is 8.02. The maximum Gasteiger partial charge on any atom is 0.319 e. The number of carbonyl (C=O) groups excluding carboxylic acids is 3. The number of piperazine rings is 1. The fraction of sp³-hybridized carbons (Fsp3) is 0.679. The summed E-state index contributed by atoms with van der Waals surface area (Å²) in [4.78, 5) is 46.8. The van der Waals surface area contributed by atoms with E-state index in [1.807, 2.05) is 36.1 Å². The van der Waals surface area contributed by atoms with E-state index >= 15 is 0 Å². The van der Waals surface area contributed by atoms with Crippen molar-refractivity contribution in [1.29, 1.82) is 0 Å². The minimum absolute atomic E-state index is 0.00785. The number of nitrogens with zero attached hydrogens (tertiary/aromatic N) is 4. The zero-order valence-electron chi connectivity index (χ0n) is 24.3. The SMILES string of the molecule is CCN1C(=O)[C@@H](CNc2ccc(NC(=O)NCCN3CCCC3)cc2)SC1[C@H](N)C(=O)N1CCN(CCOC)CC1. The Kier molecular flexibility index (Phi) is 11.9. The van der Waals surface area contributed by atoms with Crippen molar-refractivity contribution < 1.29 is 19.1 Å². The number of nitrogens with one attached hydrogen (secondary N) is 3. The van der Waals surface area contributed by atoms with E-state index in [1.165, 1.54) is 24.6 Å². The van der Waals surface area contributed by atoms with Crippen molar-refractivity contribution in [2.24, 2.45) is 5.73 Å². The maximum atomic E-state index is 13.2. The predicted molar refractivity (Wildman–Crippen MR) is 163 cm³/mol. The number of likely N-dealkylation sites (tertiary alicyclic amines) is 1. The van der Waals surface area contributed by atoms with Crippen molar-refractivity contribution in [1.82, 2.24) is 24.9 Å². The van der Waals surface area contributed by atoms with Crippen molar-refractivity contribution >= 4 is 41.0 Å². The molecule has 3 heterocycles. The lowest BCUT2D eigenvalue weighted by Gasteiger charge is -2.37. The summed E-state index contributed by atoms with van der Waals surface area (Å²) in [6.07, 6.45) is 2.47. The van der Waals surface area contributed by atoms with Crippen LogP contribution in [0.5, 0.6) is 0 Å². The number of likely N-dealkylation sites (N-methyl/N-ethyl adjacent to an activating group) is 1. The van der Waals surface area contributed by atoms with E-state index in [1.54, 1.807) is 12.0 Å². The van der Waals surface area contributed by atoms with Gasteiger partial charge in [-0.05, 0) is 57.1 Å². The summed E-state index contributed by atoms with van der Waals surface area (Å²) < 4.78 is 5.15. The largest absolute Gasteiger partial charge is 0.383 e. The summed E-state index contributed by atoms with van der Waals surface area (Å²) in [7, 11) is 1.69. The van der Waals surface area contributed by atoms with Gasteiger partial charge in [0.1, 0.15) is 16.7 Å². The number of amides is 4. The van der Waals surface area contributed by atoms with Gasteiger partial charge in [0.25, 0.3) is 0 Å². The molecule has 0 radical (unpaired) electrons. The quantitative estimate of drug-likeness (QED) is 0.262. The average Bonchev–Trinajstić information content (AvgIpc) is 3.62. The average molecular weight is 591 g/mol. The molecule has 0 aliphatic carbocycles. The van der Waals surface area contributed by atoms with Crippen molar-refractivity contribution in [3.8, 4) is 0 Å². The van der Waals surface area contributed by atoms with Crippen LogP contribution in [0.4, 0.5) is 16.2 Å². The Morgan fingerprint density at radius 3 is 2.34 bits per heavy atom. The minimum Gasteiger partial charge on any atom is -0.383 e. The topological polar surface area (TPSA) is 136 Å². The number of nitrogens with two attached hydrogens (primary N) is 1. The number of methoxy groups -OCH3 is 1. The van der Waals surface area contributed by atoms with Crippen molar-refractivity contribution in [3.05, 3.63) is 24.3 Å². The number of hydrogen-bond donors (Lipinski definition) is 4.